The third-order valence-corrected chi connectivity index (χ3v) is 3.87. The average molecular weight is 353 g/mol. The standard InChI is InChI=1S/C15H17BrN2O3/c1-2-6-17-7-8-18(15(21)14(17)20)10-13(19)11-4-3-5-12(16)9-11/h3-5,9H,2,6-8,10H2,1H3. The lowest BCUT2D eigenvalue weighted by molar-refractivity contribution is -0.155. The van der Waals surface area contributed by atoms with Crippen LogP contribution >= 0.6 is 15.9 Å². The number of carbonyl (C=O) groups excluding carboxylic acids is 3. The molecule has 0 N–H and O–H groups in total. The number of Topliss-reactive ketones (excluding diaryl/α,β-unsaturated/α-hetero) is 1. The third kappa shape index (κ3) is 3.69. The molecule has 5 nitrogen and oxygen atoms in total. The van der Waals surface area contributed by atoms with E-state index in [1.54, 1.807) is 23.1 Å². The van der Waals surface area contributed by atoms with Crippen LogP contribution in [0.2, 0.25) is 0 Å². The number of rotatable bonds is 5. The van der Waals surface area contributed by atoms with Gasteiger partial charge in [-0.05, 0) is 18.6 Å². The number of hydrogen-bond donors (Lipinski definition) is 0. The Kier molecular flexibility index (Phi) is 5.12. The maximum atomic E-state index is 12.2. The van der Waals surface area contributed by atoms with Crippen molar-refractivity contribution in [3.63, 3.8) is 0 Å². The lowest BCUT2D eigenvalue weighted by Crippen LogP contribution is -2.55. The minimum Gasteiger partial charge on any atom is -0.333 e. The average Bonchev–Trinajstić information content (AvgIpc) is 2.47. The van der Waals surface area contributed by atoms with E-state index in [1.807, 2.05) is 13.0 Å². The number of nitrogens with zero attached hydrogens (tertiary/aromatic N) is 2. The second kappa shape index (κ2) is 6.85. The summed E-state index contributed by atoms with van der Waals surface area (Å²) in [6.45, 7) is 3.38. The number of ketones is 1. The van der Waals surface area contributed by atoms with E-state index in [9.17, 15) is 14.4 Å². The van der Waals surface area contributed by atoms with E-state index >= 15 is 0 Å². The van der Waals surface area contributed by atoms with E-state index in [4.69, 9.17) is 0 Å². The second-order valence-electron chi connectivity index (χ2n) is 4.95. The molecule has 0 bridgehead atoms. The molecule has 1 aliphatic heterocycles. The Morgan fingerprint density at radius 3 is 2.52 bits per heavy atom. The van der Waals surface area contributed by atoms with Gasteiger partial charge in [0.05, 0.1) is 6.54 Å². The maximum absolute atomic E-state index is 12.2. The van der Waals surface area contributed by atoms with Crippen molar-refractivity contribution in [2.45, 2.75) is 13.3 Å². The molecule has 112 valence electrons. The number of halogens is 1. The van der Waals surface area contributed by atoms with Crippen molar-refractivity contribution in [1.29, 1.82) is 0 Å². The molecule has 2 amide bonds. The highest BCUT2D eigenvalue weighted by atomic mass is 79.9. The van der Waals surface area contributed by atoms with Crippen LogP contribution in [0.15, 0.2) is 28.7 Å². The minimum atomic E-state index is -0.585. The normalized spacial score (nSPS) is 15.5. The highest BCUT2D eigenvalue weighted by molar-refractivity contribution is 9.10. The summed E-state index contributed by atoms with van der Waals surface area (Å²) in [5, 5.41) is 0. The van der Waals surface area contributed by atoms with Gasteiger partial charge < -0.3 is 9.80 Å². The Morgan fingerprint density at radius 2 is 1.86 bits per heavy atom. The van der Waals surface area contributed by atoms with Crippen LogP contribution in [0.1, 0.15) is 23.7 Å². The van der Waals surface area contributed by atoms with Gasteiger partial charge in [-0.1, -0.05) is 35.0 Å². The fourth-order valence-electron chi connectivity index (χ4n) is 2.28. The van der Waals surface area contributed by atoms with Crippen LogP contribution < -0.4 is 0 Å². The van der Waals surface area contributed by atoms with E-state index in [1.165, 1.54) is 4.90 Å². The summed E-state index contributed by atoms with van der Waals surface area (Å²) in [5.41, 5.74) is 0.528. The van der Waals surface area contributed by atoms with Gasteiger partial charge in [0.25, 0.3) is 0 Å². The summed E-state index contributed by atoms with van der Waals surface area (Å²) in [6.07, 6.45) is 0.815. The van der Waals surface area contributed by atoms with Crippen LogP contribution in [0.25, 0.3) is 0 Å². The third-order valence-electron chi connectivity index (χ3n) is 3.37. The fourth-order valence-corrected chi connectivity index (χ4v) is 2.67. The first-order valence-electron chi connectivity index (χ1n) is 6.90. The molecule has 1 aromatic rings. The molecule has 1 aliphatic rings. The van der Waals surface area contributed by atoms with Crippen LogP contribution in [-0.4, -0.2) is 53.6 Å². The summed E-state index contributed by atoms with van der Waals surface area (Å²) >= 11 is 3.31. The molecule has 1 saturated heterocycles. The second-order valence-corrected chi connectivity index (χ2v) is 5.87. The monoisotopic (exact) mass is 352 g/mol. The van der Waals surface area contributed by atoms with Crippen molar-refractivity contribution in [2.75, 3.05) is 26.2 Å². The van der Waals surface area contributed by atoms with E-state index in [2.05, 4.69) is 15.9 Å². The molecule has 6 heteroatoms. The van der Waals surface area contributed by atoms with Crippen molar-refractivity contribution in [3.8, 4) is 0 Å². The first kappa shape index (κ1) is 15.7. The molecule has 1 fully saturated rings. The van der Waals surface area contributed by atoms with Crippen molar-refractivity contribution < 1.29 is 14.4 Å². The predicted octanol–water partition coefficient (Wildman–Crippen LogP) is 1.71. The van der Waals surface area contributed by atoms with Gasteiger partial charge in [0.1, 0.15) is 0 Å². The summed E-state index contributed by atoms with van der Waals surface area (Å²) in [4.78, 5) is 39.0. The molecule has 0 aliphatic carbocycles. The zero-order valence-corrected chi connectivity index (χ0v) is 13.4. The Balaban J connectivity index is 2.02. The summed E-state index contributed by atoms with van der Waals surface area (Å²) in [5.74, 6) is -1.26. The van der Waals surface area contributed by atoms with E-state index < -0.39 is 11.8 Å². The summed E-state index contributed by atoms with van der Waals surface area (Å²) in [6, 6.07) is 7.01. The molecule has 0 aromatic heterocycles. The Hall–Kier alpha value is -1.69. The molecular formula is C15H17BrN2O3. The van der Waals surface area contributed by atoms with Crippen LogP contribution in [0.4, 0.5) is 0 Å². The van der Waals surface area contributed by atoms with Gasteiger partial charge in [0, 0.05) is 29.7 Å². The Morgan fingerprint density at radius 1 is 1.19 bits per heavy atom. The van der Waals surface area contributed by atoms with Crippen molar-refractivity contribution >= 4 is 33.5 Å². The minimum absolute atomic E-state index is 0.0546. The predicted molar refractivity (Wildman–Crippen MR) is 81.9 cm³/mol. The van der Waals surface area contributed by atoms with Crippen molar-refractivity contribution in [3.05, 3.63) is 34.3 Å². The Labute approximate surface area is 132 Å². The molecule has 1 aromatic carbocycles. The van der Waals surface area contributed by atoms with Gasteiger partial charge >= 0.3 is 11.8 Å². The zero-order chi connectivity index (χ0) is 15.4. The van der Waals surface area contributed by atoms with E-state index in [0.717, 1.165) is 10.9 Å². The van der Waals surface area contributed by atoms with Crippen molar-refractivity contribution in [2.24, 2.45) is 0 Å². The SMILES string of the molecule is CCCN1CCN(CC(=O)c2cccc(Br)c2)C(=O)C1=O. The number of amides is 2. The summed E-state index contributed by atoms with van der Waals surface area (Å²) in [7, 11) is 0. The fraction of sp³-hybridized carbons (Fsp3) is 0.400. The molecule has 0 saturated carbocycles. The number of hydrogen-bond acceptors (Lipinski definition) is 3. The van der Waals surface area contributed by atoms with Crippen LogP contribution in [0.5, 0.6) is 0 Å². The van der Waals surface area contributed by atoms with Gasteiger partial charge in [-0.2, -0.15) is 0 Å². The number of benzene rings is 1. The van der Waals surface area contributed by atoms with Crippen LogP contribution in [-0.2, 0) is 9.59 Å². The maximum Gasteiger partial charge on any atom is 0.312 e. The lowest BCUT2D eigenvalue weighted by Gasteiger charge is -2.33. The van der Waals surface area contributed by atoms with E-state index in [0.29, 0.717) is 25.2 Å². The number of piperazine rings is 1. The van der Waals surface area contributed by atoms with Crippen molar-refractivity contribution in [1.82, 2.24) is 9.80 Å². The smallest absolute Gasteiger partial charge is 0.312 e. The van der Waals surface area contributed by atoms with Crippen LogP contribution in [0, 0.1) is 0 Å². The molecule has 2 rings (SSSR count). The quantitative estimate of drug-likeness (QED) is 0.598. The molecule has 21 heavy (non-hydrogen) atoms. The molecular weight excluding hydrogens is 336 g/mol. The van der Waals surface area contributed by atoms with Gasteiger partial charge in [-0.3, -0.25) is 14.4 Å². The van der Waals surface area contributed by atoms with Gasteiger partial charge in [0.15, 0.2) is 5.78 Å². The molecule has 0 atom stereocenters. The molecule has 0 unspecified atom stereocenters. The summed E-state index contributed by atoms with van der Waals surface area (Å²) < 4.78 is 0.809. The largest absolute Gasteiger partial charge is 0.333 e. The number of carbonyl (C=O) groups is 3. The molecule has 1 heterocycles. The first-order chi connectivity index (χ1) is 10.0. The zero-order valence-electron chi connectivity index (χ0n) is 11.8. The topological polar surface area (TPSA) is 57.7 Å². The van der Waals surface area contributed by atoms with Crippen LogP contribution in [0.3, 0.4) is 0 Å². The Bertz CT molecular complexity index is 574. The van der Waals surface area contributed by atoms with Gasteiger partial charge in [-0.15, -0.1) is 0 Å². The van der Waals surface area contributed by atoms with Gasteiger partial charge in [0.2, 0.25) is 0 Å². The molecule has 0 spiro atoms. The first-order valence-corrected chi connectivity index (χ1v) is 7.69. The lowest BCUT2D eigenvalue weighted by atomic mass is 10.1. The van der Waals surface area contributed by atoms with E-state index in [-0.39, 0.29) is 12.3 Å². The molecule has 0 radical (unpaired) electrons. The highest BCUT2D eigenvalue weighted by Gasteiger charge is 2.32. The van der Waals surface area contributed by atoms with Gasteiger partial charge in [-0.25, -0.2) is 0 Å². The highest BCUT2D eigenvalue weighted by Crippen LogP contribution is 2.13.